The number of hydrogen-bond donors (Lipinski definition) is 2. The highest BCUT2D eigenvalue weighted by atomic mass is 14.9. The summed E-state index contributed by atoms with van der Waals surface area (Å²) in [6.07, 6.45) is 12.0. The minimum Gasteiger partial charge on any atom is -0.355 e. The van der Waals surface area contributed by atoms with Crippen molar-refractivity contribution in [2.24, 2.45) is 0 Å². The van der Waals surface area contributed by atoms with Crippen LogP contribution in [0.3, 0.4) is 0 Å². The molecule has 2 heterocycles. The van der Waals surface area contributed by atoms with Crippen LogP contribution in [0, 0.1) is 0 Å². The molecule has 2 aliphatic heterocycles. The van der Waals surface area contributed by atoms with Gasteiger partial charge in [0.2, 0.25) is 0 Å². The second-order valence-electron chi connectivity index (χ2n) is 11.4. The number of anilines is 4. The maximum Gasteiger partial charge on any atom is 0.0457 e. The van der Waals surface area contributed by atoms with E-state index in [9.17, 15) is 0 Å². The summed E-state index contributed by atoms with van der Waals surface area (Å²) < 4.78 is 0. The van der Waals surface area contributed by atoms with Crippen molar-refractivity contribution in [3.63, 3.8) is 0 Å². The van der Waals surface area contributed by atoms with E-state index < -0.39 is 0 Å². The van der Waals surface area contributed by atoms with Crippen molar-refractivity contribution in [3.8, 4) is 11.1 Å². The van der Waals surface area contributed by atoms with Gasteiger partial charge in [-0.15, -0.1) is 0 Å². The molecule has 2 N–H and O–H groups in total. The Morgan fingerprint density at radius 2 is 0.756 bits per heavy atom. The lowest BCUT2D eigenvalue weighted by Gasteiger charge is -2.08. The lowest BCUT2D eigenvalue weighted by Crippen LogP contribution is -1.92. The number of rotatable bonds is 0. The summed E-state index contributed by atoms with van der Waals surface area (Å²) in [7, 11) is 0. The first-order valence-electron chi connectivity index (χ1n) is 15.7. The van der Waals surface area contributed by atoms with Crippen molar-refractivity contribution < 1.29 is 0 Å². The van der Waals surface area contributed by atoms with Crippen molar-refractivity contribution in [2.45, 2.75) is 19.3 Å². The van der Waals surface area contributed by atoms with Crippen LogP contribution in [0.5, 0.6) is 0 Å². The van der Waals surface area contributed by atoms with Crippen molar-refractivity contribution in [1.29, 1.82) is 0 Å². The van der Waals surface area contributed by atoms with Gasteiger partial charge >= 0.3 is 0 Å². The van der Waals surface area contributed by atoms with E-state index in [0.29, 0.717) is 0 Å². The first kappa shape index (κ1) is 28.2. The SMILES string of the molecule is C1=Cc2ccccc2-c2ccccc2C1.C1=Cc2ccccc2Nc2ccccc21.c1ccc2c(c1)CCc1ccccc1N2. The molecule has 9 rings (SSSR count). The molecule has 0 bridgehead atoms. The maximum atomic E-state index is 3.50. The molecule has 0 saturated heterocycles. The number of hydrogen-bond acceptors (Lipinski definition) is 2. The molecule has 6 aromatic rings. The molecule has 2 nitrogen and oxygen atoms in total. The number of nitrogens with one attached hydrogen (secondary N) is 2. The molecule has 6 aromatic carbocycles. The first-order chi connectivity index (χ1) is 22.3. The molecule has 0 fully saturated rings. The average Bonchev–Trinajstić information content (AvgIpc) is 3.50. The Balaban J connectivity index is 0.000000108. The molecule has 1 aliphatic carbocycles. The fourth-order valence-electron chi connectivity index (χ4n) is 6.13. The van der Waals surface area contributed by atoms with Gasteiger partial charge in [-0.2, -0.15) is 0 Å². The Morgan fingerprint density at radius 1 is 0.333 bits per heavy atom. The van der Waals surface area contributed by atoms with Gasteiger partial charge in [0.05, 0.1) is 0 Å². The van der Waals surface area contributed by atoms with E-state index in [1.165, 1.54) is 67.3 Å². The molecular weight excluding hydrogens is 544 g/mol. The lowest BCUT2D eigenvalue weighted by molar-refractivity contribution is 0.977. The zero-order valence-electron chi connectivity index (χ0n) is 25.3. The van der Waals surface area contributed by atoms with Crippen molar-refractivity contribution in [1.82, 2.24) is 0 Å². The average molecular weight is 581 g/mol. The van der Waals surface area contributed by atoms with Gasteiger partial charge in [-0.05, 0) is 88.0 Å². The number of allylic oxidation sites excluding steroid dienone is 1. The largest absolute Gasteiger partial charge is 0.355 e. The van der Waals surface area contributed by atoms with Gasteiger partial charge in [0, 0.05) is 22.7 Å². The lowest BCUT2D eigenvalue weighted by atomic mass is 9.97. The quantitative estimate of drug-likeness (QED) is 0.186. The monoisotopic (exact) mass is 580 g/mol. The highest BCUT2D eigenvalue weighted by molar-refractivity contribution is 5.87. The van der Waals surface area contributed by atoms with Crippen molar-refractivity contribution in [3.05, 3.63) is 185 Å². The van der Waals surface area contributed by atoms with Gasteiger partial charge in [0.1, 0.15) is 0 Å². The molecule has 45 heavy (non-hydrogen) atoms. The van der Waals surface area contributed by atoms with E-state index in [1.807, 2.05) is 12.1 Å². The van der Waals surface area contributed by atoms with Crippen molar-refractivity contribution in [2.75, 3.05) is 10.6 Å². The fraction of sp³-hybridized carbons (Fsp3) is 0.0698. The van der Waals surface area contributed by atoms with Gasteiger partial charge in [-0.25, -0.2) is 0 Å². The molecule has 0 unspecified atom stereocenters. The number of para-hydroxylation sites is 4. The Hall–Kier alpha value is -5.60. The minimum absolute atomic E-state index is 1.03. The van der Waals surface area contributed by atoms with Crippen LogP contribution in [0.2, 0.25) is 0 Å². The molecule has 0 atom stereocenters. The topological polar surface area (TPSA) is 24.1 Å². The third-order valence-electron chi connectivity index (χ3n) is 8.50. The third-order valence-corrected chi connectivity index (χ3v) is 8.50. The number of benzene rings is 6. The summed E-state index contributed by atoms with van der Waals surface area (Å²) in [6, 6.07) is 50.9. The van der Waals surface area contributed by atoms with E-state index in [4.69, 9.17) is 0 Å². The Bertz CT molecular complexity index is 1900. The Kier molecular flexibility index (Phi) is 8.37. The van der Waals surface area contributed by atoms with E-state index >= 15 is 0 Å². The van der Waals surface area contributed by atoms with Gasteiger partial charge < -0.3 is 10.6 Å². The van der Waals surface area contributed by atoms with Crippen LogP contribution in [0.1, 0.15) is 33.4 Å². The summed E-state index contributed by atoms with van der Waals surface area (Å²) in [5.74, 6) is 0. The molecular formula is C43H36N2. The highest BCUT2D eigenvalue weighted by Crippen LogP contribution is 2.32. The fourth-order valence-corrected chi connectivity index (χ4v) is 6.13. The van der Waals surface area contributed by atoms with Crippen LogP contribution in [0.4, 0.5) is 22.7 Å². The van der Waals surface area contributed by atoms with E-state index in [2.05, 4.69) is 168 Å². The molecule has 218 valence electrons. The first-order valence-corrected chi connectivity index (χ1v) is 15.7. The third kappa shape index (κ3) is 6.51. The van der Waals surface area contributed by atoms with Crippen LogP contribution < -0.4 is 10.6 Å². The highest BCUT2D eigenvalue weighted by Gasteiger charge is 2.11. The minimum atomic E-state index is 1.03. The molecule has 0 spiro atoms. The van der Waals surface area contributed by atoms with Crippen LogP contribution in [0.25, 0.3) is 29.4 Å². The summed E-state index contributed by atoms with van der Waals surface area (Å²) in [5.41, 5.74) is 15.6. The summed E-state index contributed by atoms with van der Waals surface area (Å²) in [4.78, 5) is 0. The molecule has 2 heteroatoms. The molecule has 0 radical (unpaired) electrons. The maximum absolute atomic E-state index is 3.50. The standard InChI is InChI=1S/C15H12.C14H13N.C14H11N/c1-3-10-14-12(6-1)8-5-9-13-7-2-4-11-15(13)14;2*1-3-7-13-11(5-1)9-10-12-6-2-4-8-14(12)15-13/h1-8,10-11H,9H2;1-8,15H,9-10H2;1-10,15H. The van der Waals surface area contributed by atoms with E-state index in [0.717, 1.165) is 19.3 Å². The molecule has 0 saturated carbocycles. The summed E-state index contributed by atoms with van der Waals surface area (Å²) >= 11 is 0. The second kappa shape index (κ2) is 13.4. The van der Waals surface area contributed by atoms with Crippen LogP contribution in [-0.2, 0) is 19.3 Å². The summed E-state index contributed by atoms with van der Waals surface area (Å²) in [5, 5.41) is 6.94. The van der Waals surface area contributed by atoms with Gasteiger partial charge in [-0.1, -0.05) is 146 Å². The molecule has 0 aromatic heterocycles. The van der Waals surface area contributed by atoms with E-state index in [1.54, 1.807) is 0 Å². The Morgan fingerprint density at radius 3 is 1.36 bits per heavy atom. The predicted octanol–water partition coefficient (Wildman–Crippen LogP) is 11.4. The number of aryl methyl sites for hydroxylation is 2. The smallest absolute Gasteiger partial charge is 0.0457 e. The normalized spacial score (nSPS) is 12.8. The van der Waals surface area contributed by atoms with E-state index in [-0.39, 0.29) is 0 Å². The second-order valence-corrected chi connectivity index (χ2v) is 11.4. The van der Waals surface area contributed by atoms with Gasteiger partial charge in [0.25, 0.3) is 0 Å². The summed E-state index contributed by atoms with van der Waals surface area (Å²) in [6.45, 7) is 0. The van der Waals surface area contributed by atoms with Crippen LogP contribution >= 0.6 is 0 Å². The van der Waals surface area contributed by atoms with Crippen molar-refractivity contribution >= 4 is 41.0 Å². The van der Waals surface area contributed by atoms with Gasteiger partial charge in [-0.3, -0.25) is 0 Å². The molecule has 3 aliphatic rings. The Labute approximate surface area is 266 Å². The van der Waals surface area contributed by atoms with Crippen LogP contribution in [0.15, 0.2) is 152 Å². The zero-order valence-corrected chi connectivity index (χ0v) is 25.3. The predicted molar refractivity (Wildman–Crippen MR) is 193 cm³/mol. The zero-order chi connectivity index (χ0) is 30.3. The molecule has 0 amide bonds. The van der Waals surface area contributed by atoms with Crippen LogP contribution in [-0.4, -0.2) is 0 Å². The van der Waals surface area contributed by atoms with Gasteiger partial charge in [0.15, 0.2) is 0 Å². The number of fused-ring (bicyclic) bond motifs is 7.